The topological polar surface area (TPSA) is 84.8 Å². The smallest absolute Gasteiger partial charge is 0.241 e. The predicted octanol–water partition coefficient (Wildman–Crippen LogP) is 5.22. The molecule has 44 heavy (non-hydrogen) atoms. The molecule has 0 radical (unpaired) electrons. The van der Waals surface area contributed by atoms with Gasteiger partial charge < -0.3 is 29.2 Å². The van der Waals surface area contributed by atoms with Crippen LogP contribution in [-0.2, 0) is 14.9 Å². The number of nitrogens with zero attached hydrogens (tertiary/aromatic N) is 5. The van der Waals surface area contributed by atoms with Gasteiger partial charge in [-0.2, -0.15) is 0 Å². The Balaban J connectivity index is 1.17. The van der Waals surface area contributed by atoms with Gasteiger partial charge in [0.15, 0.2) is 0 Å². The van der Waals surface area contributed by atoms with Crippen LogP contribution in [0.4, 0.5) is 5.69 Å². The van der Waals surface area contributed by atoms with E-state index in [4.69, 9.17) is 19.4 Å². The van der Waals surface area contributed by atoms with E-state index in [1.807, 2.05) is 6.33 Å². The summed E-state index contributed by atoms with van der Waals surface area (Å²) in [5.41, 5.74) is 5.57. The van der Waals surface area contributed by atoms with Crippen molar-refractivity contribution in [2.45, 2.75) is 101 Å². The van der Waals surface area contributed by atoms with Gasteiger partial charge in [0.05, 0.1) is 36.2 Å². The SMILES string of the molecule is CC(C)n1cnc2cc(-c3ccc4c(c3)N(C3CC(N5CCCCC5)C3)C(=O)C43CCNCC3)nc(OC3CCOCC3)c21. The number of piperidine rings is 2. The molecule has 234 valence electrons. The van der Waals surface area contributed by atoms with Crippen molar-refractivity contribution in [3.05, 3.63) is 36.2 Å². The van der Waals surface area contributed by atoms with Crippen molar-refractivity contribution in [2.75, 3.05) is 44.3 Å². The fourth-order valence-electron chi connectivity index (χ4n) is 8.40. The molecule has 0 unspecified atom stereocenters. The van der Waals surface area contributed by atoms with Gasteiger partial charge in [-0.15, -0.1) is 0 Å². The molecule has 1 amide bonds. The molecule has 4 fully saturated rings. The Morgan fingerprint density at radius 3 is 2.55 bits per heavy atom. The third-order valence-electron chi connectivity index (χ3n) is 11.0. The Hall–Kier alpha value is -3.01. The van der Waals surface area contributed by atoms with E-state index in [0.717, 1.165) is 79.6 Å². The first-order valence-corrected chi connectivity index (χ1v) is 17.1. The summed E-state index contributed by atoms with van der Waals surface area (Å²) in [5, 5.41) is 3.50. The zero-order chi connectivity index (χ0) is 29.8. The van der Waals surface area contributed by atoms with E-state index < -0.39 is 5.41 Å². The van der Waals surface area contributed by atoms with E-state index in [1.54, 1.807) is 0 Å². The van der Waals surface area contributed by atoms with E-state index in [0.29, 0.717) is 31.0 Å². The molecule has 1 N–H and O–H groups in total. The minimum absolute atomic E-state index is 0.0737. The van der Waals surface area contributed by atoms with Gasteiger partial charge in [-0.05, 0) is 96.2 Å². The summed E-state index contributed by atoms with van der Waals surface area (Å²) in [5.74, 6) is 0.957. The molecule has 0 bridgehead atoms. The Labute approximate surface area is 260 Å². The molecular formula is C35H46N6O3. The lowest BCUT2D eigenvalue weighted by Gasteiger charge is -2.48. The van der Waals surface area contributed by atoms with E-state index in [2.05, 4.69) is 57.8 Å². The molecular weight excluding hydrogens is 552 g/mol. The minimum Gasteiger partial charge on any atom is -0.473 e. The van der Waals surface area contributed by atoms with Gasteiger partial charge in [0.25, 0.3) is 0 Å². The fourth-order valence-corrected chi connectivity index (χ4v) is 8.40. The zero-order valence-corrected chi connectivity index (χ0v) is 26.3. The number of fused-ring (bicyclic) bond motifs is 3. The zero-order valence-electron chi connectivity index (χ0n) is 26.3. The lowest BCUT2D eigenvalue weighted by atomic mass is 9.74. The first kappa shape index (κ1) is 28.5. The number of benzene rings is 1. The van der Waals surface area contributed by atoms with E-state index in [9.17, 15) is 4.79 Å². The fraction of sp³-hybridized carbons (Fsp3) is 0.629. The van der Waals surface area contributed by atoms with Gasteiger partial charge in [0.1, 0.15) is 11.6 Å². The van der Waals surface area contributed by atoms with E-state index >= 15 is 0 Å². The van der Waals surface area contributed by atoms with Gasteiger partial charge in [-0.1, -0.05) is 18.6 Å². The van der Waals surface area contributed by atoms with Crippen molar-refractivity contribution in [3.63, 3.8) is 0 Å². The average Bonchev–Trinajstić information content (AvgIpc) is 3.56. The number of amides is 1. The molecule has 0 atom stereocenters. The number of imidazole rings is 1. The van der Waals surface area contributed by atoms with Crippen molar-refractivity contribution in [2.24, 2.45) is 0 Å². The van der Waals surface area contributed by atoms with E-state index in [-0.39, 0.29) is 18.2 Å². The highest BCUT2D eigenvalue weighted by Crippen LogP contribution is 2.51. The number of nitrogens with one attached hydrogen (secondary N) is 1. The predicted molar refractivity (Wildman–Crippen MR) is 171 cm³/mol. The molecule has 1 aliphatic carbocycles. The summed E-state index contributed by atoms with van der Waals surface area (Å²) < 4.78 is 14.4. The van der Waals surface area contributed by atoms with Crippen LogP contribution < -0.4 is 15.0 Å². The number of hydrogen-bond acceptors (Lipinski definition) is 7. The molecule has 1 saturated carbocycles. The van der Waals surface area contributed by atoms with Crippen LogP contribution in [0.15, 0.2) is 30.6 Å². The highest BCUT2D eigenvalue weighted by Gasteiger charge is 2.54. The van der Waals surface area contributed by atoms with Crippen LogP contribution in [-0.4, -0.2) is 82.9 Å². The van der Waals surface area contributed by atoms with Crippen LogP contribution in [0, 0.1) is 0 Å². The third kappa shape index (κ3) is 4.74. The van der Waals surface area contributed by atoms with Gasteiger partial charge in [0, 0.05) is 42.2 Å². The number of carbonyl (C=O) groups is 1. The van der Waals surface area contributed by atoms with Crippen molar-refractivity contribution < 1.29 is 14.3 Å². The minimum atomic E-state index is -0.417. The molecule has 2 aromatic heterocycles. The van der Waals surface area contributed by atoms with Crippen LogP contribution >= 0.6 is 0 Å². The summed E-state index contributed by atoms with van der Waals surface area (Å²) >= 11 is 0. The molecule has 8 rings (SSSR count). The molecule has 6 heterocycles. The van der Waals surface area contributed by atoms with Crippen LogP contribution in [0.25, 0.3) is 22.3 Å². The van der Waals surface area contributed by atoms with E-state index in [1.165, 1.54) is 37.9 Å². The van der Waals surface area contributed by atoms with Gasteiger partial charge >= 0.3 is 0 Å². The summed E-state index contributed by atoms with van der Waals surface area (Å²) in [6.07, 6.45) is 11.5. The number of likely N-dealkylation sites (tertiary alicyclic amines) is 1. The maximum absolute atomic E-state index is 14.4. The van der Waals surface area contributed by atoms with Crippen LogP contribution in [0.1, 0.15) is 83.2 Å². The lowest BCUT2D eigenvalue weighted by molar-refractivity contribution is -0.125. The second-order valence-corrected chi connectivity index (χ2v) is 14.0. The second kappa shape index (κ2) is 11.4. The van der Waals surface area contributed by atoms with Crippen LogP contribution in [0.3, 0.4) is 0 Å². The molecule has 4 aliphatic heterocycles. The number of aromatic nitrogens is 3. The van der Waals surface area contributed by atoms with Crippen molar-refractivity contribution in [1.29, 1.82) is 0 Å². The summed E-state index contributed by atoms with van der Waals surface area (Å²) in [6, 6.07) is 9.83. The Morgan fingerprint density at radius 2 is 1.80 bits per heavy atom. The van der Waals surface area contributed by atoms with Crippen LogP contribution in [0.5, 0.6) is 5.88 Å². The molecule has 1 aromatic carbocycles. The first-order valence-electron chi connectivity index (χ1n) is 17.1. The number of ether oxygens (including phenoxy) is 2. The normalized spacial score (nSPS) is 26.0. The number of carbonyl (C=O) groups excluding carboxylic acids is 1. The second-order valence-electron chi connectivity index (χ2n) is 14.0. The summed E-state index contributed by atoms with van der Waals surface area (Å²) in [4.78, 5) is 29.3. The van der Waals surface area contributed by atoms with Gasteiger partial charge in [0.2, 0.25) is 11.8 Å². The molecule has 5 aliphatic rings. The first-order chi connectivity index (χ1) is 21.5. The van der Waals surface area contributed by atoms with Crippen molar-refractivity contribution in [3.8, 4) is 17.1 Å². The molecule has 3 aromatic rings. The standard InChI is InChI=1S/C35H46N6O3/c1-23(2)40-22-37-30-21-29(38-33(32(30)40)44-27-8-16-43-17-9-27)24-6-7-28-31(18-24)41(34(42)35(28)10-12-36-13-11-35)26-19-25(20-26)39-14-4-3-5-15-39/h6-7,18,21-23,25-27,36H,3-5,8-17,19-20H2,1-2H3. The maximum atomic E-state index is 14.4. The highest BCUT2D eigenvalue weighted by atomic mass is 16.5. The van der Waals surface area contributed by atoms with Gasteiger partial charge in [-0.3, -0.25) is 4.79 Å². The Kier molecular flexibility index (Phi) is 7.38. The number of pyridine rings is 1. The third-order valence-corrected chi connectivity index (χ3v) is 11.0. The Morgan fingerprint density at radius 1 is 1.02 bits per heavy atom. The average molecular weight is 599 g/mol. The molecule has 9 nitrogen and oxygen atoms in total. The highest BCUT2D eigenvalue weighted by molar-refractivity contribution is 6.09. The molecule has 1 spiro atoms. The quantitative estimate of drug-likeness (QED) is 0.417. The number of rotatable bonds is 6. The lowest BCUT2D eigenvalue weighted by Crippen LogP contribution is -2.58. The van der Waals surface area contributed by atoms with Crippen LogP contribution in [0.2, 0.25) is 0 Å². The van der Waals surface area contributed by atoms with Gasteiger partial charge in [-0.25, -0.2) is 9.97 Å². The largest absolute Gasteiger partial charge is 0.473 e. The summed E-state index contributed by atoms with van der Waals surface area (Å²) in [7, 11) is 0. The molecule has 9 heteroatoms. The summed E-state index contributed by atoms with van der Waals surface area (Å²) in [6.45, 7) is 9.92. The Bertz CT molecular complexity index is 1530. The monoisotopic (exact) mass is 598 g/mol. The van der Waals surface area contributed by atoms with Crippen molar-refractivity contribution >= 4 is 22.6 Å². The van der Waals surface area contributed by atoms with Crippen molar-refractivity contribution in [1.82, 2.24) is 24.8 Å². The number of anilines is 1. The maximum Gasteiger partial charge on any atom is 0.241 e. The molecule has 3 saturated heterocycles. The number of hydrogen-bond donors (Lipinski definition) is 1.